The maximum Gasteiger partial charge on any atom is 0.373 e. The Morgan fingerprint density at radius 3 is 1.33 bits per heavy atom. The lowest BCUT2D eigenvalue weighted by molar-refractivity contribution is 0.796. The molecule has 2 rings (SSSR count). The molecular weight excluding hydrogens is 224 g/mol. The Hall–Kier alpha value is 1.25. The van der Waals surface area contributed by atoms with Gasteiger partial charge in [0.1, 0.15) is 0 Å². The van der Waals surface area contributed by atoms with E-state index in [1.807, 2.05) is 0 Å². The molecule has 0 bridgehead atoms. The summed E-state index contributed by atoms with van der Waals surface area (Å²) in [5.41, 5.74) is 0. The number of halogens is 1. The zero-order valence-electron chi connectivity index (χ0n) is 7.93. The van der Waals surface area contributed by atoms with Crippen molar-refractivity contribution in [3.63, 3.8) is 0 Å². The molecule has 2 saturated carbocycles. The maximum absolute atomic E-state index is 1.61. The van der Waals surface area contributed by atoms with Crippen LogP contribution >= 0.6 is 17.0 Å². The maximum atomic E-state index is 1.61. The van der Waals surface area contributed by atoms with Crippen LogP contribution in [0.5, 0.6) is 0 Å². The predicted octanol–water partition coefficient (Wildman–Crippen LogP) is 3.99. The third-order valence-electron chi connectivity index (χ3n) is 3.62. The molecule has 2 heteroatoms. The lowest BCUT2D eigenvalue weighted by atomic mass is 10.3. The van der Waals surface area contributed by atoms with Crippen LogP contribution in [-0.4, -0.2) is 20.4 Å². The molecule has 0 N–H and O–H groups in total. The molecule has 2 aliphatic rings. The third-order valence-corrected chi connectivity index (χ3v) is 6.58. The summed E-state index contributed by atoms with van der Waals surface area (Å²) in [7, 11) is 0. The van der Waals surface area contributed by atoms with Crippen molar-refractivity contribution in [2.45, 2.75) is 59.5 Å². The standard InChI is InChI=1S/2C5H9.BrH.Mg/c2*1-2-4-5-3-1;;/h2*1H,2-5H2;1H;. The zero-order valence-corrected chi connectivity index (χ0v) is 11.1. The molecule has 2 aliphatic carbocycles. The van der Waals surface area contributed by atoms with Gasteiger partial charge in [0.2, 0.25) is 0 Å². The first-order chi connectivity index (χ1) is 5.45. The average Bonchev–Trinajstić information content (AvgIpc) is 2.60. The van der Waals surface area contributed by atoms with Crippen LogP contribution in [0.1, 0.15) is 51.4 Å². The fourth-order valence-electron chi connectivity index (χ4n) is 2.96. The summed E-state index contributed by atoms with van der Waals surface area (Å²) in [5, 5.41) is 0. The first kappa shape index (κ1) is 11.3. The number of hydrogen-bond donors (Lipinski definition) is 0. The molecule has 0 aromatic heterocycles. The minimum atomic E-state index is 0. The molecule has 0 amide bonds. The van der Waals surface area contributed by atoms with E-state index in [2.05, 4.69) is 0 Å². The van der Waals surface area contributed by atoms with Gasteiger partial charge in [0.05, 0.1) is 0 Å². The highest BCUT2D eigenvalue weighted by Gasteiger charge is 2.24. The van der Waals surface area contributed by atoms with Gasteiger partial charge in [-0.3, -0.25) is 0 Å². The molecule has 0 aliphatic heterocycles. The quantitative estimate of drug-likeness (QED) is 0.643. The van der Waals surface area contributed by atoms with Gasteiger partial charge in [-0.25, -0.2) is 0 Å². The smallest absolute Gasteiger partial charge is 0.134 e. The number of rotatable bonds is 2. The highest BCUT2D eigenvalue weighted by molar-refractivity contribution is 8.93. The summed E-state index contributed by atoms with van der Waals surface area (Å²) in [6.45, 7) is 0. The van der Waals surface area contributed by atoms with Crippen LogP contribution in [0.15, 0.2) is 0 Å². The van der Waals surface area contributed by atoms with Crippen molar-refractivity contribution in [2.75, 3.05) is 0 Å². The van der Waals surface area contributed by atoms with Crippen LogP contribution in [0.3, 0.4) is 0 Å². The van der Waals surface area contributed by atoms with Crippen LogP contribution < -0.4 is 0 Å². The molecule has 0 atom stereocenters. The van der Waals surface area contributed by atoms with Gasteiger partial charge in [-0.15, -0.1) is 25.1 Å². The summed E-state index contributed by atoms with van der Waals surface area (Å²) in [5.74, 6) is 0. The van der Waals surface area contributed by atoms with Crippen molar-refractivity contribution >= 4 is 37.3 Å². The van der Waals surface area contributed by atoms with Crippen LogP contribution in [0, 0.1) is 0 Å². The van der Waals surface area contributed by atoms with Gasteiger partial charge in [-0.2, -0.15) is 0 Å². The van der Waals surface area contributed by atoms with Crippen LogP contribution in [0.25, 0.3) is 0 Å². The first-order valence-electron chi connectivity index (χ1n) is 5.45. The second-order valence-electron chi connectivity index (χ2n) is 4.54. The minimum Gasteiger partial charge on any atom is -0.134 e. The van der Waals surface area contributed by atoms with E-state index in [0.29, 0.717) is 20.4 Å². The Labute approximate surface area is 96.4 Å². The molecule has 12 heavy (non-hydrogen) atoms. The van der Waals surface area contributed by atoms with E-state index in [9.17, 15) is 0 Å². The van der Waals surface area contributed by atoms with E-state index < -0.39 is 0 Å². The van der Waals surface area contributed by atoms with Gasteiger partial charge < -0.3 is 0 Å². The Bertz CT molecular complexity index is 101. The van der Waals surface area contributed by atoms with Crippen molar-refractivity contribution in [1.29, 1.82) is 0 Å². The molecular formula is C10H19BrMg. The summed E-state index contributed by atoms with van der Waals surface area (Å²) in [6.07, 6.45) is 12.7. The summed E-state index contributed by atoms with van der Waals surface area (Å²) in [6, 6.07) is 0. The van der Waals surface area contributed by atoms with Gasteiger partial charge in [0.25, 0.3) is 0 Å². The van der Waals surface area contributed by atoms with Crippen molar-refractivity contribution in [2.24, 2.45) is 0 Å². The second kappa shape index (κ2) is 5.87. The summed E-state index contributed by atoms with van der Waals surface area (Å²) in [4.78, 5) is 0. The topological polar surface area (TPSA) is 0 Å². The molecule has 2 fully saturated rings. The molecule has 0 radical (unpaired) electrons. The summed E-state index contributed by atoms with van der Waals surface area (Å²) >= 11 is 0.364. The minimum absolute atomic E-state index is 0. The van der Waals surface area contributed by atoms with E-state index in [1.165, 1.54) is 8.09 Å². The van der Waals surface area contributed by atoms with Crippen molar-refractivity contribution in [1.82, 2.24) is 0 Å². The van der Waals surface area contributed by atoms with Crippen LogP contribution in [-0.2, 0) is 0 Å². The predicted molar refractivity (Wildman–Crippen MR) is 60.5 cm³/mol. The van der Waals surface area contributed by atoms with E-state index in [4.69, 9.17) is 0 Å². The monoisotopic (exact) mass is 242 g/mol. The largest absolute Gasteiger partial charge is 0.373 e. The Kier molecular flexibility index (Phi) is 5.54. The highest BCUT2D eigenvalue weighted by atomic mass is 79.9. The van der Waals surface area contributed by atoms with Gasteiger partial charge in [0.15, 0.2) is 0 Å². The third kappa shape index (κ3) is 3.19. The van der Waals surface area contributed by atoms with Crippen LogP contribution in [0.2, 0.25) is 8.09 Å². The summed E-state index contributed by atoms with van der Waals surface area (Å²) < 4.78 is 2.55. The molecule has 0 aromatic rings. The lowest BCUT2D eigenvalue weighted by Crippen LogP contribution is -2.05. The molecule has 0 aromatic carbocycles. The van der Waals surface area contributed by atoms with Gasteiger partial charge >= 0.3 is 20.4 Å². The SMILES string of the molecule is Br.C1CC[CH]([Mg][CH]2CCCC2)C1. The van der Waals surface area contributed by atoms with E-state index in [0.717, 1.165) is 0 Å². The highest BCUT2D eigenvalue weighted by Crippen LogP contribution is 2.37. The van der Waals surface area contributed by atoms with Crippen molar-refractivity contribution in [3.8, 4) is 0 Å². The molecule has 0 saturated heterocycles. The van der Waals surface area contributed by atoms with Crippen LogP contribution in [0.4, 0.5) is 0 Å². The fraction of sp³-hybridized carbons (Fsp3) is 1.00. The molecule has 0 spiro atoms. The fourth-order valence-corrected chi connectivity index (χ4v) is 6.00. The Morgan fingerprint density at radius 1 is 0.667 bits per heavy atom. The second-order valence-corrected chi connectivity index (χ2v) is 7.32. The van der Waals surface area contributed by atoms with Crippen molar-refractivity contribution < 1.29 is 0 Å². The molecule has 0 nitrogen and oxygen atoms in total. The zero-order chi connectivity index (χ0) is 7.52. The first-order valence-corrected chi connectivity index (χ1v) is 7.08. The van der Waals surface area contributed by atoms with Gasteiger partial charge in [-0.1, -0.05) is 51.4 Å². The Balaban J connectivity index is 0.000000720. The molecule has 68 valence electrons. The number of hydrogen-bond acceptors (Lipinski definition) is 0. The van der Waals surface area contributed by atoms with Gasteiger partial charge in [0, 0.05) is 0 Å². The van der Waals surface area contributed by atoms with E-state index in [1.54, 1.807) is 51.4 Å². The normalized spacial score (nSPS) is 25.3. The molecule has 0 unspecified atom stereocenters. The van der Waals surface area contributed by atoms with Gasteiger partial charge in [-0.05, 0) is 0 Å². The Morgan fingerprint density at radius 2 is 1.00 bits per heavy atom. The van der Waals surface area contributed by atoms with E-state index in [-0.39, 0.29) is 17.0 Å². The molecule has 0 heterocycles. The van der Waals surface area contributed by atoms with E-state index >= 15 is 0 Å². The average molecular weight is 243 g/mol. The lowest BCUT2D eigenvalue weighted by Gasteiger charge is -2.11. The van der Waals surface area contributed by atoms with Crippen molar-refractivity contribution in [3.05, 3.63) is 0 Å².